The van der Waals surface area contributed by atoms with Gasteiger partial charge in [-0.3, -0.25) is 9.78 Å². The summed E-state index contributed by atoms with van der Waals surface area (Å²) in [5, 5.41) is 0. The quantitative estimate of drug-likeness (QED) is 0.802. The van der Waals surface area contributed by atoms with Crippen molar-refractivity contribution in [3.05, 3.63) is 29.6 Å². The number of amides is 1. The van der Waals surface area contributed by atoms with Crippen LogP contribution in [0.25, 0.3) is 0 Å². The summed E-state index contributed by atoms with van der Waals surface area (Å²) in [5.41, 5.74) is 6.86. The van der Waals surface area contributed by atoms with Gasteiger partial charge in [-0.05, 0) is 18.6 Å². The molecule has 0 radical (unpaired) electrons. The van der Waals surface area contributed by atoms with Gasteiger partial charge in [-0.25, -0.2) is 0 Å². The van der Waals surface area contributed by atoms with Gasteiger partial charge < -0.3 is 10.6 Å². The van der Waals surface area contributed by atoms with E-state index in [0.29, 0.717) is 12.1 Å². The van der Waals surface area contributed by atoms with E-state index >= 15 is 0 Å². The molecular weight excluding hydrogens is 190 g/mol. The molecule has 0 bridgehead atoms. The minimum absolute atomic E-state index is 0.0222. The summed E-state index contributed by atoms with van der Waals surface area (Å²) < 4.78 is 0. The second kappa shape index (κ2) is 5.46. The van der Waals surface area contributed by atoms with Gasteiger partial charge in [0, 0.05) is 31.9 Å². The largest absolute Gasteiger partial charge is 0.342 e. The minimum atomic E-state index is 0.0222. The van der Waals surface area contributed by atoms with E-state index in [4.69, 9.17) is 5.73 Å². The summed E-state index contributed by atoms with van der Waals surface area (Å²) in [5.74, 6) is 0.0222. The van der Waals surface area contributed by atoms with Crippen LogP contribution in [-0.2, 0) is 6.54 Å². The van der Waals surface area contributed by atoms with Crippen LogP contribution in [0, 0.1) is 0 Å². The molecule has 4 nitrogen and oxygen atoms in total. The molecule has 0 aliphatic carbocycles. The van der Waals surface area contributed by atoms with Crippen LogP contribution in [0.5, 0.6) is 0 Å². The van der Waals surface area contributed by atoms with Crippen molar-refractivity contribution in [2.24, 2.45) is 5.73 Å². The first-order chi connectivity index (χ1) is 7.19. The van der Waals surface area contributed by atoms with Gasteiger partial charge in [0.05, 0.1) is 5.69 Å². The Morgan fingerprint density at radius 1 is 1.60 bits per heavy atom. The minimum Gasteiger partial charge on any atom is -0.342 e. The average Bonchev–Trinajstić information content (AvgIpc) is 2.28. The highest BCUT2D eigenvalue weighted by molar-refractivity contribution is 5.94. The van der Waals surface area contributed by atoms with Gasteiger partial charge in [-0.15, -0.1) is 0 Å². The van der Waals surface area contributed by atoms with Gasteiger partial charge in [0.1, 0.15) is 0 Å². The molecule has 1 amide bonds. The fourth-order valence-corrected chi connectivity index (χ4v) is 1.38. The van der Waals surface area contributed by atoms with Crippen LogP contribution in [0.4, 0.5) is 0 Å². The lowest BCUT2D eigenvalue weighted by Crippen LogP contribution is -2.27. The molecule has 1 rings (SSSR count). The van der Waals surface area contributed by atoms with E-state index in [2.05, 4.69) is 4.98 Å². The molecule has 0 aliphatic heterocycles. The highest BCUT2D eigenvalue weighted by atomic mass is 16.2. The molecule has 1 heterocycles. The monoisotopic (exact) mass is 207 g/mol. The Morgan fingerprint density at radius 2 is 2.33 bits per heavy atom. The van der Waals surface area contributed by atoms with Crippen molar-refractivity contribution in [1.82, 2.24) is 9.88 Å². The molecule has 0 spiro atoms. The fraction of sp³-hybridized carbons (Fsp3) is 0.455. The predicted octanol–water partition coefficient (Wildman–Crippen LogP) is 1.02. The Morgan fingerprint density at radius 3 is 2.93 bits per heavy atom. The van der Waals surface area contributed by atoms with E-state index in [-0.39, 0.29) is 5.91 Å². The van der Waals surface area contributed by atoms with Crippen molar-refractivity contribution in [2.75, 3.05) is 13.6 Å². The van der Waals surface area contributed by atoms with E-state index in [1.165, 1.54) is 0 Å². The topological polar surface area (TPSA) is 59.2 Å². The van der Waals surface area contributed by atoms with Crippen molar-refractivity contribution in [2.45, 2.75) is 19.9 Å². The summed E-state index contributed by atoms with van der Waals surface area (Å²) in [7, 11) is 1.80. The van der Waals surface area contributed by atoms with Crippen LogP contribution in [0.15, 0.2) is 18.3 Å². The summed E-state index contributed by atoms with van der Waals surface area (Å²) in [4.78, 5) is 17.6. The molecule has 0 atom stereocenters. The van der Waals surface area contributed by atoms with E-state index in [0.717, 1.165) is 18.7 Å². The van der Waals surface area contributed by atoms with E-state index in [9.17, 15) is 4.79 Å². The molecule has 1 aromatic rings. The van der Waals surface area contributed by atoms with Gasteiger partial charge in [0.25, 0.3) is 5.91 Å². The van der Waals surface area contributed by atoms with Crippen molar-refractivity contribution in [3.63, 3.8) is 0 Å². The van der Waals surface area contributed by atoms with Crippen LogP contribution in [0.2, 0.25) is 0 Å². The van der Waals surface area contributed by atoms with Gasteiger partial charge in [0.15, 0.2) is 0 Å². The second-order valence-corrected chi connectivity index (χ2v) is 3.47. The Balaban J connectivity index is 2.81. The molecule has 0 aliphatic rings. The van der Waals surface area contributed by atoms with E-state index in [1.54, 1.807) is 30.3 Å². The normalized spacial score (nSPS) is 10.1. The number of carbonyl (C=O) groups excluding carboxylic acids is 1. The molecule has 0 unspecified atom stereocenters. The van der Waals surface area contributed by atoms with Crippen molar-refractivity contribution in [3.8, 4) is 0 Å². The Hall–Kier alpha value is -1.42. The van der Waals surface area contributed by atoms with Crippen molar-refractivity contribution in [1.29, 1.82) is 0 Å². The third-order valence-corrected chi connectivity index (χ3v) is 2.18. The summed E-state index contributed by atoms with van der Waals surface area (Å²) >= 11 is 0. The van der Waals surface area contributed by atoms with Crippen LogP contribution in [0.1, 0.15) is 29.4 Å². The summed E-state index contributed by atoms with van der Waals surface area (Å²) in [6.45, 7) is 3.17. The molecule has 4 heteroatoms. The molecule has 0 saturated heterocycles. The number of hydrogen-bond donors (Lipinski definition) is 1. The Kier molecular flexibility index (Phi) is 4.24. The zero-order valence-electron chi connectivity index (χ0n) is 9.23. The average molecular weight is 207 g/mol. The van der Waals surface area contributed by atoms with Crippen LogP contribution in [-0.4, -0.2) is 29.4 Å². The number of aromatic nitrogens is 1. The fourth-order valence-electron chi connectivity index (χ4n) is 1.38. The third-order valence-electron chi connectivity index (χ3n) is 2.18. The molecule has 2 N–H and O–H groups in total. The summed E-state index contributed by atoms with van der Waals surface area (Å²) in [6.07, 6.45) is 2.58. The lowest BCUT2D eigenvalue weighted by Gasteiger charge is -2.16. The second-order valence-electron chi connectivity index (χ2n) is 3.47. The summed E-state index contributed by atoms with van der Waals surface area (Å²) in [6, 6.07) is 3.46. The third kappa shape index (κ3) is 3.02. The first-order valence-corrected chi connectivity index (χ1v) is 5.09. The highest BCUT2D eigenvalue weighted by Crippen LogP contribution is 2.05. The molecule has 15 heavy (non-hydrogen) atoms. The standard InChI is InChI=1S/C11H17N3O/c1-3-6-14(2)11(15)9-4-5-13-10(7-9)8-12/h4-5,7H,3,6,8,12H2,1-2H3. The van der Waals surface area contributed by atoms with Crippen LogP contribution in [0.3, 0.4) is 0 Å². The lowest BCUT2D eigenvalue weighted by molar-refractivity contribution is 0.0795. The highest BCUT2D eigenvalue weighted by Gasteiger charge is 2.10. The molecule has 0 saturated carbocycles. The first kappa shape index (κ1) is 11.7. The maximum Gasteiger partial charge on any atom is 0.253 e. The van der Waals surface area contributed by atoms with E-state index in [1.807, 2.05) is 6.92 Å². The van der Waals surface area contributed by atoms with Gasteiger partial charge >= 0.3 is 0 Å². The molecule has 0 fully saturated rings. The van der Waals surface area contributed by atoms with Crippen LogP contribution >= 0.6 is 0 Å². The zero-order valence-corrected chi connectivity index (χ0v) is 9.23. The molecule has 82 valence electrons. The maximum absolute atomic E-state index is 11.9. The molecular formula is C11H17N3O. The number of rotatable bonds is 4. The van der Waals surface area contributed by atoms with Crippen molar-refractivity contribution >= 4 is 5.91 Å². The van der Waals surface area contributed by atoms with E-state index < -0.39 is 0 Å². The van der Waals surface area contributed by atoms with Gasteiger partial charge in [-0.1, -0.05) is 6.92 Å². The number of carbonyl (C=O) groups is 1. The van der Waals surface area contributed by atoms with Crippen molar-refractivity contribution < 1.29 is 4.79 Å². The maximum atomic E-state index is 11.9. The molecule has 0 aromatic carbocycles. The number of pyridine rings is 1. The van der Waals surface area contributed by atoms with Crippen LogP contribution < -0.4 is 5.73 Å². The van der Waals surface area contributed by atoms with Gasteiger partial charge in [-0.2, -0.15) is 0 Å². The first-order valence-electron chi connectivity index (χ1n) is 5.09. The Bertz CT molecular complexity index is 338. The number of hydrogen-bond acceptors (Lipinski definition) is 3. The zero-order chi connectivity index (χ0) is 11.3. The number of nitrogens with two attached hydrogens (primary N) is 1. The number of nitrogens with zero attached hydrogens (tertiary/aromatic N) is 2. The lowest BCUT2D eigenvalue weighted by atomic mass is 10.2. The predicted molar refractivity (Wildman–Crippen MR) is 59.4 cm³/mol. The molecule has 1 aromatic heterocycles. The SMILES string of the molecule is CCCN(C)C(=O)c1ccnc(CN)c1. The smallest absolute Gasteiger partial charge is 0.253 e. The Labute approximate surface area is 90.1 Å². The van der Waals surface area contributed by atoms with Gasteiger partial charge in [0.2, 0.25) is 0 Å².